The molecule has 4 bridgehead atoms. The minimum atomic E-state index is 0. The molecule has 4 saturated carbocycles. The summed E-state index contributed by atoms with van der Waals surface area (Å²) >= 11 is 6.15. The number of quaternary nitrogens is 1. The molecular formula is C18H23Cl2N3. The molecule has 4 aliphatic rings. The normalized spacial score (nSPS) is 34.7. The van der Waals surface area contributed by atoms with Crippen LogP contribution in [0.1, 0.15) is 44.2 Å². The summed E-state index contributed by atoms with van der Waals surface area (Å²) in [4.78, 5) is 4.51. The second-order valence-electron chi connectivity index (χ2n) is 8.01. The zero-order valence-corrected chi connectivity index (χ0v) is 14.7. The summed E-state index contributed by atoms with van der Waals surface area (Å²) in [7, 11) is 0. The van der Waals surface area contributed by atoms with Gasteiger partial charge in [-0.15, -0.1) is 0 Å². The van der Waals surface area contributed by atoms with E-state index in [1.165, 1.54) is 44.2 Å². The van der Waals surface area contributed by atoms with Crippen LogP contribution in [0.3, 0.4) is 0 Å². The SMILES string of the molecule is Clc1ccc2ncc(C[NH2+]C34CC5CC(CC(C5)C3)C4)n2c1.[Cl-]. The monoisotopic (exact) mass is 351 g/mol. The molecule has 5 heteroatoms. The highest BCUT2D eigenvalue weighted by Crippen LogP contribution is 2.54. The molecule has 0 atom stereocenters. The highest BCUT2D eigenvalue weighted by molar-refractivity contribution is 6.30. The minimum absolute atomic E-state index is 0. The maximum atomic E-state index is 6.15. The first kappa shape index (κ1) is 15.7. The number of nitrogens with zero attached hydrogens (tertiary/aromatic N) is 2. The maximum absolute atomic E-state index is 6.15. The summed E-state index contributed by atoms with van der Waals surface area (Å²) in [5, 5.41) is 3.42. The molecule has 0 unspecified atom stereocenters. The van der Waals surface area contributed by atoms with Gasteiger partial charge in [0.25, 0.3) is 0 Å². The van der Waals surface area contributed by atoms with Crippen LogP contribution in [-0.2, 0) is 6.54 Å². The van der Waals surface area contributed by atoms with Gasteiger partial charge in [-0.3, -0.25) is 4.40 Å². The van der Waals surface area contributed by atoms with Crippen molar-refractivity contribution in [3.8, 4) is 0 Å². The molecule has 2 aromatic rings. The van der Waals surface area contributed by atoms with Gasteiger partial charge in [0.05, 0.1) is 22.5 Å². The topological polar surface area (TPSA) is 33.9 Å². The molecule has 3 nitrogen and oxygen atoms in total. The van der Waals surface area contributed by atoms with Crippen molar-refractivity contribution in [1.82, 2.24) is 9.38 Å². The molecule has 23 heavy (non-hydrogen) atoms. The zero-order valence-electron chi connectivity index (χ0n) is 13.2. The molecule has 0 saturated heterocycles. The number of halogens is 2. The molecule has 0 radical (unpaired) electrons. The summed E-state index contributed by atoms with van der Waals surface area (Å²) in [6, 6.07) is 3.91. The number of nitrogens with two attached hydrogens (primary N) is 1. The van der Waals surface area contributed by atoms with Gasteiger partial charge in [0.2, 0.25) is 0 Å². The van der Waals surface area contributed by atoms with Crippen molar-refractivity contribution in [1.29, 1.82) is 0 Å². The highest BCUT2D eigenvalue weighted by Gasteiger charge is 2.53. The Kier molecular flexibility index (Phi) is 3.86. The van der Waals surface area contributed by atoms with Crippen LogP contribution in [0.5, 0.6) is 0 Å². The summed E-state index contributed by atoms with van der Waals surface area (Å²) in [5.74, 6) is 3.04. The predicted molar refractivity (Wildman–Crippen MR) is 86.7 cm³/mol. The molecule has 4 aliphatic carbocycles. The van der Waals surface area contributed by atoms with Crippen LogP contribution >= 0.6 is 11.6 Å². The number of imidazole rings is 1. The van der Waals surface area contributed by atoms with E-state index in [0.717, 1.165) is 35.0 Å². The van der Waals surface area contributed by atoms with Crippen LogP contribution < -0.4 is 17.7 Å². The van der Waals surface area contributed by atoms with E-state index in [2.05, 4.69) is 14.7 Å². The van der Waals surface area contributed by atoms with Crippen LogP contribution in [0.2, 0.25) is 5.02 Å². The summed E-state index contributed by atoms with van der Waals surface area (Å²) < 4.78 is 2.15. The van der Waals surface area contributed by atoms with E-state index in [4.69, 9.17) is 11.6 Å². The fourth-order valence-corrected chi connectivity index (χ4v) is 6.07. The van der Waals surface area contributed by atoms with E-state index in [9.17, 15) is 0 Å². The van der Waals surface area contributed by atoms with Gasteiger partial charge < -0.3 is 17.7 Å². The molecule has 4 fully saturated rings. The molecular weight excluding hydrogens is 329 g/mol. The van der Waals surface area contributed by atoms with Gasteiger partial charge >= 0.3 is 0 Å². The Labute approximate surface area is 148 Å². The van der Waals surface area contributed by atoms with E-state index in [1.54, 1.807) is 0 Å². The summed E-state index contributed by atoms with van der Waals surface area (Å²) in [5.41, 5.74) is 2.80. The first-order chi connectivity index (χ1) is 10.7. The van der Waals surface area contributed by atoms with Crippen LogP contribution in [0.25, 0.3) is 5.65 Å². The average Bonchev–Trinajstić information content (AvgIpc) is 2.86. The molecule has 6 rings (SSSR count). The quantitative estimate of drug-likeness (QED) is 0.831. The number of aromatic nitrogens is 2. The second kappa shape index (κ2) is 5.65. The number of pyridine rings is 1. The Morgan fingerprint density at radius 2 is 1.78 bits per heavy atom. The fraction of sp³-hybridized carbons (Fsp3) is 0.611. The molecule has 124 valence electrons. The average molecular weight is 352 g/mol. The third kappa shape index (κ3) is 2.67. The lowest BCUT2D eigenvalue weighted by Crippen LogP contribution is -3.00. The van der Waals surface area contributed by atoms with Crippen molar-refractivity contribution < 1.29 is 17.7 Å². The van der Waals surface area contributed by atoms with E-state index in [-0.39, 0.29) is 12.4 Å². The van der Waals surface area contributed by atoms with E-state index >= 15 is 0 Å². The first-order valence-corrected chi connectivity index (χ1v) is 9.03. The zero-order chi connectivity index (χ0) is 14.7. The molecule has 0 aromatic carbocycles. The van der Waals surface area contributed by atoms with E-state index in [1.807, 2.05) is 24.5 Å². The maximum Gasteiger partial charge on any atom is 0.137 e. The van der Waals surface area contributed by atoms with Crippen LogP contribution in [0.15, 0.2) is 24.5 Å². The lowest BCUT2D eigenvalue weighted by molar-refractivity contribution is -0.753. The standard InChI is InChI=1S/C18H22ClN3.ClH/c19-15-1-2-17-20-9-16(22(17)11-15)10-21-18-6-12-3-13(7-18)5-14(4-12)8-18;/h1-2,9,11-14,21H,3-8,10H2;1H. The van der Waals surface area contributed by atoms with Crippen molar-refractivity contribution in [2.24, 2.45) is 17.8 Å². The third-order valence-electron chi connectivity index (χ3n) is 6.38. The van der Waals surface area contributed by atoms with Gasteiger partial charge in [0.15, 0.2) is 0 Å². The Hall–Kier alpha value is -0.770. The third-order valence-corrected chi connectivity index (χ3v) is 6.60. The molecule has 0 aliphatic heterocycles. The Morgan fingerprint density at radius 3 is 2.43 bits per heavy atom. The molecule has 0 spiro atoms. The van der Waals surface area contributed by atoms with Crippen LogP contribution in [0.4, 0.5) is 0 Å². The van der Waals surface area contributed by atoms with Crippen LogP contribution in [-0.4, -0.2) is 14.9 Å². The molecule has 2 N–H and O–H groups in total. The Bertz CT molecular complexity index is 689. The smallest absolute Gasteiger partial charge is 0.137 e. The predicted octanol–water partition coefficient (Wildman–Crippen LogP) is 0.0239. The van der Waals surface area contributed by atoms with Gasteiger partial charge in [-0.25, -0.2) is 4.98 Å². The minimum Gasteiger partial charge on any atom is -1.00 e. The molecule has 2 heterocycles. The molecule has 2 aromatic heterocycles. The Morgan fingerprint density at radius 1 is 1.13 bits per heavy atom. The van der Waals surface area contributed by atoms with Gasteiger partial charge in [-0.1, -0.05) is 11.6 Å². The van der Waals surface area contributed by atoms with Crippen molar-refractivity contribution in [3.63, 3.8) is 0 Å². The number of hydrogen-bond donors (Lipinski definition) is 1. The number of hydrogen-bond acceptors (Lipinski definition) is 1. The van der Waals surface area contributed by atoms with Gasteiger partial charge in [0.1, 0.15) is 12.2 Å². The lowest BCUT2D eigenvalue weighted by atomic mass is 9.53. The van der Waals surface area contributed by atoms with Crippen molar-refractivity contribution in [2.75, 3.05) is 0 Å². The number of rotatable bonds is 3. The van der Waals surface area contributed by atoms with E-state index in [0.29, 0.717) is 5.54 Å². The van der Waals surface area contributed by atoms with Crippen LogP contribution in [0, 0.1) is 17.8 Å². The van der Waals surface area contributed by atoms with Gasteiger partial charge in [0, 0.05) is 25.5 Å². The van der Waals surface area contributed by atoms with Gasteiger partial charge in [-0.05, 0) is 49.1 Å². The van der Waals surface area contributed by atoms with Crippen molar-refractivity contribution in [2.45, 2.75) is 50.6 Å². The summed E-state index contributed by atoms with van der Waals surface area (Å²) in [6.45, 7) is 1.02. The summed E-state index contributed by atoms with van der Waals surface area (Å²) in [6.07, 6.45) is 12.9. The first-order valence-electron chi connectivity index (χ1n) is 8.65. The number of fused-ring (bicyclic) bond motifs is 1. The second-order valence-corrected chi connectivity index (χ2v) is 8.45. The van der Waals surface area contributed by atoms with Crippen molar-refractivity contribution >= 4 is 17.2 Å². The lowest BCUT2D eigenvalue weighted by Gasteiger charge is -2.54. The Balaban J connectivity index is 0.00000135. The van der Waals surface area contributed by atoms with E-state index < -0.39 is 0 Å². The molecule has 0 amide bonds. The largest absolute Gasteiger partial charge is 1.00 e. The highest BCUT2D eigenvalue weighted by atomic mass is 35.5. The van der Waals surface area contributed by atoms with Crippen molar-refractivity contribution in [3.05, 3.63) is 35.2 Å². The fourth-order valence-electron chi connectivity index (χ4n) is 5.90. The van der Waals surface area contributed by atoms with Gasteiger partial charge in [-0.2, -0.15) is 0 Å².